The number of rotatable bonds is 3. The van der Waals surface area contributed by atoms with E-state index in [2.05, 4.69) is 75.9 Å². The van der Waals surface area contributed by atoms with Gasteiger partial charge in [-0.15, -0.1) is 0 Å². The first-order chi connectivity index (χ1) is 11.7. The molecule has 0 bridgehead atoms. The van der Waals surface area contributed by atoms with Crippen LogP contribution in [0.1, 0.15) is 24.0 Å². The Bertz CT molecular complexity index is 870. The van der Waals surface area contributed by atoms with E-state index >= 15 is 0 Å². The maximum absolute atomic E-state index is 8.34. The first-order valence-corrected chi connectivity index (χ1v) is 8.59. The van der Waals surface area contributed by atoms with Crippen LogP contribution in [0.15, 0.2) is 54.9 Å². The topological polar surface area (TPSA) is 35.9 Å². The van der Waals surface area contributed by atoms with Crippen LogP contribution in [0.3, 0.4) is 0 Å². The summed E-state index contributed by atoms with van der Waals surface area (Å²) in [4.78, 5) is 2.18. The second-order valence-corrected chi connectivity index (χ2v) is 6.57. The van der Waals surface area contributed by atoms with E-state index in [9.17, 15) is 0 Å². The van der Waals surface area contributed by atoms with Crippen molar-refractivity contribution in [3.63, 3.8) is 0 Å². The van der Waals surface area contributed by atoms with E-state index in [1.807, 2.05) is 0 Å². The van der Waals surface area contributed by atoms with Crippen LogP contribution < -0.4 is 4.57 Å². The monoisotopic (exact) mass is 319 g/mol. The number of nitrogens with zero attached hydrogens (tertiary/aromatic N) is 3. The highest BCUT2D eigenvalue weighted by Gasteiger charge is 2.16. The summed E-state index contributed by atoms with van der Waals surface area (Å²) < 4.78 is 4.42. The number of nitrogens with one attached hydrogen (secondary N) is 1. The minimum Gasteiger partial charge on any atom is -0.357 e. The molecule has 2 aromatic heterocycles. The summed E-state index contributed by atoms with van der Waals surface area (Å²) in [6.45, 7) is 2.89. The van der Waals surface area contributed by atoms with E-state index in [1.165, 1.54) is 29.4 Å². The third kappa shape index (κ3) is 2.68. The zero-order valence-corrected chi connectivity index (χ0v) is 14.1. The first kappa shape index (κ1) is 14.9. The molecule has 4 heteroatoms. The average Bonchev–Trinajstić information content (AvgIpc) is 3.26. The molecule has 0 atom stereocenters. The molecular formula is C20H23N4+. The second kappa shape index (κ2) is 6.11. The predicted octanol–water partition coefficient (Wildman–Crippen LogP) is 2.94. The Hall–Kier alpha value is -2.62. The Morgan fingerprint density at radius 3 is 2.58 bits per heavy atom. The van der Waals surface area contributed by atoms with Crippen LogP contribution in [0.25, 0.3) is 11.0 Å². The lowest BCUT2D eigenvalue weighted by Crippen LogP contribution is -2.27. The quantitative estimate of drug-likeness (QED) is 0.450. The zero-order chi connectivity index (χ0) is 16.5. The van der Waals surface area contributed by atoms with Gasteiger partial charge in [0.1, 0.15) is 18.4 Å². The van der Waals surface area contributed by atoms with Crippen molar-refractivity contribution in [2.45, 2.75) is 19.4 Å². The fraction of sp³-hybridized carbons (Fsp3) is 0.300. The van der Waals surface area contributed by atoms with Gasteiger partial charge in [0.2, 0.25) is 5.52 Å². The lowest BCUT2D eigenvalue weighted by molar-refractivity contribution is -0.644. The maximum atomic E-state index is 8.34. The summed E-state index contributed by atoms with van der Waals surface area (Å²) in [6.07, 6.45) is 6.63. The van der Waals surface area contributed by atoms with Crippen molar-refractivity contribution in [2.24, 2.45) is 7.05 Å². The second-order valence-electron chi connectivity index (χ2n) is 6.57. The summed E-state index contributed by atoms with van der Waals surface area (Å²) in [5, 5.41) is 8.34. The fourth-order valence-corrected chi connectivity index (χ4v) is 3.52. The molecule has 1 N–H and O–H groups in total. The van der Waals surface area contributed by atoms with Crippen molar-refractivity contribution in [1.82, 2.24) is 9.47 Å². The van der Waals surface area contributed by atoms with Gasteiger partial charge in [0, 0.05) is 43.5 Å². The average molecular weight is 319 g/mol. The van der Waals surface area contributed by atoms with Crippen molar-refractivity contribution in [1.29, 1.82) is 5.41 Å². The number of pyridine rings is 1. The molecular weight excluding hydrogens is 296 g/mol. The standard InChI is InChI=1S/C20H23N4/c1-22-11-4-5-19-18(22)10-14-24(19)15-16-6-8-17(9-7-16)20(21)23-12-2-3-13-23/h4-11,14,21H,2-3,12-13,15H2,1H3/q+1. The van der Waals surface area contributed by atoms with Gasteiger partial charge in [-0.2, -0.15) is 4.57 Å². The van der Waals surface area contributed by atoms with Gasteiger partial charge in [-0.1, -0.05) is 24.3 Å². The van der Waals surface area contributed by atoms with Crippen LogP contribution in [-0.2, 0) is 13.6 Å². The van der Waals surface area contributed by atoms with E-state index < -0.39 is 0 Å². The normalized spacial score (nSPS) is 14.5. The van der Waals surface area contributed by atoms with Crippen LogP contribution in [0.5, 0.6) is 0 Å². The van der Waals surface area contributed by atoms with Gasteiger partial charge >= 0.3 is 0 Å². The van der Waals surface area contributed by atoms with E-state index in [-0.39, 0.29) is 0 Å². The van der Waals surface area contributed by atoms with Crippen molar-refractivity contribution < 1.29 is 4.57 Å². The lowest BCUT2D eigenvalue weighted by atomic mass is 10.1. The number of benzene rings is 1. The summed E-state index contributed by atoms with van der Waals surface area (Å²) in [5.74, 6) is 0.664. The summed E-state index contributed by atoms with van der Waals surface area (Å²) in [6, 6.07) is 14.9. The van der Waals surface area contributed by atoms with Gasteiger partial charge in [-0.25, -0.2) is 0 Å². The number of hydrogen-bond donors (Lipinski definition) is 1. The van der Waals surface area contributed by atoms with E-state index in [0.717, 1.165) is 25.2 Å². The first-order valence-electron chi connectivity index (χ1n) is 8.59. The summed E-state index contributed by atoms with van der Waals surface area (Å²) in [7, 11) is 2.07. The largest absolute Gasteiger partial charge is 0.357 e. The summed E-state index contributed by atoms with van der Waals surface area (Å²) >= 11 is 0. The molecule has 1 saturated heterocycles. The molecule has 1 aliphatic rings. The van der Waals surface area contributed by atoms with Crippen LogP contribution in [0.2, 0.25) is 0 Å². The molecule has 24 heavy (non-hydrogen) atoms. The molecule has 122 valence electrons. The molecule has 3 aromatic rings. The van der Waals surface area contributed by atoms with Gasteiger partial charge < -0.3 is 9.47 Å². The van der Waals surface area contributed by atoms with Crippen molar-refractivity contribution >= 4 is 16.9 Å². The zero-order valence-electron chi connectivity index (χ0n) is 14.1. The number of aromatic nitrogens is 2. The molecule has 0 unspecified atom stereocenters. The molecule has 0 radical (unpaired) electrons. The number of likely N-dealkylation sites (tertiary alicyclic amines) is 1. The smallest absolute Gasteiger partial charge is 0.230 e. The summed E-state index contributed by atoms with van der Waals surface area (Å²) in [5.41, 5.74) is 4.76. The highest BCUT2D eigenvalue weighted by atomic mass is 15.2. The van der Waals surface area contributed by atoms with E-state index in [0.29, 0.717) is 5.84 Å². The van der Waals surface area contributed by atoms with Crippen LogP contribution in [0.4, 0.5) is 0 Å². The molecule has 1 aliphatic heterocycles. The van der Waals surface area contributed by atoms with Crippen LogP contribution in [-0.4, -0.2) is 28.4 Å². The molecule has 4 rings (SSSR count). The number of aryl methyl sites for hydroxylation is 1. The van der Waals surface area contributed by atoms with Gasteiger partial charge in [-0.05, 0) is 24.5 Å². The molecule has 1 aromatic carbocycles. The Morgan fingerprint density at radius 2 is 1.83 bits per heavy atom. The number of hydrogen-bond acceptors (Lipinski definition) is 1. The molecule has 0 spiro atoms. The van der Waals surface area contributed by atoms with Gasteiger partial charge in [-0.3, -0.25) is 5.41 Å². The highest BCUT2D eigenvalue weighted by molar-refractivity contribution is 5.96. The molecule has 0 amide bonds. The van der Waals surface area contributed by atoms with Gasteiger partial charge in [0.15, 0.2) is 6.20 Å². The van der Waals surface area contributed by atoms with Crippen LogP contribution in [0, 0.1) is 5.41 Å². The van der Waals surface area contributed by atoms with Crippen molar-refractivity contribution in [3.05, 3.63) is 66.0 Å². The Labute approximate surface area is 142 Å². The fourth-order valence-electron chi connectivity index (χ4n) is 3.52. The highest BCUT2D eigenvalue weighted by Crippen LogP contribution is 2.16. The Balaban J connectivity index is 1.54. The molecule has 1 fully saturated rings. The minimum absolute atomic E-state index is 0.664. The molecule has 0 saturated carbocycles. The maximum Gasteiger partial charge on any atom is 0.230 e. The van der Waals surface area contributed by atoms with E-state index in [4.69, 9.17) is 5.41 Å². The van der Waals surface area contributed by atoms with Crippen molar-refractivity contribution in [3.8, 4) is 0 Å². The van der Waals surface area contributed by atoms with Crippen LogP contribution >= 0.6 is 0 Å². The molecule has 3 heterocycles. The molecule has 4 nitrogen and oxygen atoms in total. The number of amidine groups is 1. The number of fused-ring (bicyclic) bond motifs is 1. The lowest BCUT2D eigenvalue weighted by Gasteiger charge is -2.18. The third-order valence-electron chi connectivity index (χ3n) is 4.93. The Morgan fingerprint density at radius 1 is 1.08 bits per heavy atom. The van der Waals surface area contributed by atoms with Gasteiger partial charge in [0.25, 0.3) is 0 Å². The SMILES string of the molecule is C[n+]1cccc2c1ccn2Cc1ccc(C(=N)N2CCCC2)cc1. The Kier molecular flexibility index (Phi) is 3.81. The van der Waals surface area contributed by atoms with Gasteiger partial charge in [0.05, 0.1) is 0 Å². The third-order valence-corrected chi connectivity index (χ3v) is 4.93. The molecule has 0 aliphatic carbocycles. The van der Waals surface area contributed by atoms with E-state index in [1.54, 1.807) is 0 Å². The minimum atomic E-state index is 0.664. The van der Waals surface area contributed by atoms with Crippen molar-refractivity contribution in [2.75, 3.05) is 13.1 Å². The predicted molar refractivity (Wildman–Crippen MR) is 96.3 cm³/mol.